The van der Waals surface area contributed by atoms with Gasteiger partial charge in [-0.3, -0.25) is 5.43 Å². The second kappa shape index (κ2) is 9.16. The molecule has 1 aliphatic carbocycles. The van der Waals surface area contributed by atoms with Crippen LogP contribution in [0.5, 0.6) is 0 Å². The molecule has 1 atom stereocenters. The maximum atomic E-state index is 5.52. The lowest BCUT2D eigenvalue weighted by molar-refractivity contribution is 0.179. The normalized spacial score (nSPS) is 20.9. The summed E-state index contributed by atoms with van der Waals surface area (Å²) in [7, 11) is 1.69. The Morgan fingerprint density at radius 1 is 1.28 bits per heavy atom. The van der Waals surface area contributed by atoms with Crippen molar-refractivity contribution in [3.63, 3.8) is 0 Å². The Hall–Kier alpha value is -0.810. The molecule has 1 fully saturated rings. The van der Waals surface area contributed by atoms with Crippen LogP contribution in [0.25, 0.3) is 0 Å². The molecule has 1 aliphatic rings. The van der Waals surface area contributed by atoms with Crippen LogP contribution in [0.4, 0.5) is 0 Å². The second-order valence-corrected chi connectivity index (χ2v) is 5.12. The van der Waals surface area contributed by atoms with Gasteiger partial charge in [-0.15, -0.1) is 0 Å². The molecule has 106 valence electrons. The molecule has 0 aromatic rings. The second-order valence-electron chi connectivity index (χ2n) is 5.12. The first-order chi connectivity index (χ1) is 8.76. The number of guanidine groups is 1. The van der Waals surface area contributed by atoms with Gasteiger partial charge in [-0.25, -0.2) is 10.8 Å². The minimum Gasteiger partial charge on any atom is -0.383 e. The summed E-state index contributed by atoms with van der Waals surface area (Å²) in [6.45, 7) is 2.69. The van der Waals surface area contributed by atoms with Crippen LogP contribution in [0, 0.1) is 0 Å². The number of aliphatic imine (C=N–C) groups is 1. The van der Waals surface area contributed by atoms with Crippen molar-refractivity contribution in [3.8, 4) is 0 Å². The van der Waals surface area contributed by atoms with Gasteiger partial charge in [0, 0.05) is 13.2 Å². The van der Waals surface area contributed by atoms with Crippen molar-refractivity contribution in [1.29, 1.82) is 0 Å². The maximum Gasteiger partial charge on any atom is 0.206 e. The number of rotatable bonds is 4. The molecule has 0 heterocycles. The van der Waals surface area contributed by atoms with Gasteiger partial charge in [-0.1, -0.05) is 32.1 Å². The van der Waals surface area contributed by atoms with Crippen molar-refractivity contribution < 1.29 is 4.74 Å². The van der Waals surface area contributed by atoms with Gasteiger partial charge >= 0.3 is 0 Å². The van der Waals surface area contributed by atoms with Crippen LogP contribution in [0.3, 0.4) is 0 Å². The van der Waals surface area contributed by atoms with E-state index in [4.69, 9.17) is 15.6 Å². The standard InChI is InChI=1S/C13H28N4O/c1-11(10-18-2)15-13(17-14)16-12-8-6-4-3-5-7-9-12/h11-12H,3-10,14H2,1-2H3,(H2,15,16,17). The fourth-order valence-corrected chi connectivity index (χ4v) is 2.39. The number of nitrogens with two attached hydrogens (primary N) is 1. The van der Waals surface area contributed by atoms with Crippen molar-refractivity contribution in [2.75, 3.05) is 13.7 Å². The number of methoxy groups -OCH3 is 1. The molecule has 0 amide bonds. The van der Waals surface area contributed by atoms with Crippen LogP contribution >= 0.6 is 0 Å². The zero-order valence-corrected chi connectivity index (χ0v) is 11.7. The fourth-order valence-electron chi connectivity index (χ4n) is 2.39. The van der Waals surface area contributed by atoms with Crippen molar-refractivity contribution >= 4 is 5.96 Å². The highest BCUT2D eigenvalue weighted by molar-refractivity contribution is 5.79. The van der Waals surface area contributed by atoms with Gasteiger partial charge in [-0.2, -0.15) is 0 Å². The van der Waals surface area contributed by atoms with Gasteiger partial charge in [0.2, 0.25) is 5.96 Å². The van der Waals surface area contributed by atoms with E-state index in [-0.39, 0.29) is 6.04 Å². The Morgan fingerprint density at radius 2 is 1.89 bits per heavy atom. The van der Waals surface area contributed by atoms with E-state index in [1.54, 1.807) is 7.11 Å². The number of hydrogen-bond donors (Lipinski definition) is 3. The SMILES string of the molecule is COCC(C)NC(=NC1CCCCCCC1)NN. The first-order valence-corrected chi connectivity index (χ1v) is 7.06. The number of nitrogens with zero attached hydrogens (tertiary/aromatic N) is 1. The van der Waals surface area contributed by atoms with Crippen LogP contribution in [0.1, 0.15) is 51.9 Å². The van der Waals surface area contributed by atoms with Crippen molar-refractivity contribution in [3.05, 3.63) is 0 Å². The minimum absolute atomic E-state index is 0.207. The molecule has 18 heavy (non-hydrogen) atoms. The third kappa shape index (κ3) is 6.21. The largest absolute Gasteiger partial charge is 0.383 e. The van der Waals surface area contributed by atoms with Gasteiger partial charge in [0.1, 0.15) is 0 Å². The van der Waals surface area contributed by atoms with Gasteiger partial charge in [-0.05, 0) is 19.8 Å². The molecule has 4 N–H and O–H groups in total. The Bertz CT molecular complexity index is 237. The first kappa shape index (κ1) is 15.2. The molecule has 1 rings (SSSR count). The van der Waals surface area contributed by atoms with Crippen LogP contribution < -0.4 is 16.6 Å². The predicted molar refractivity (Wildman–Crippen MR) is 75.3 cm³/mol. The van der Waals surface area contributed by atoms with Crippen molar-refractivity contribution in [1.82, 2.24) is 10.7 Å². The monoisotopic (exact) mass is 256 g/mol. The molecule has 0 aromatic carbocycles. The molecular weight excluding hydrogens is 228 g/mol. The summed E-state index contributed by atoms with van der Waals surface area (Å²) in [5.41, 5.74) is 2.66. The minimum atomic E-state index is 0.207. The van der Waals surface area contributed by atoms with E-state index >= 15 is 0 Å². The van der Waals surface area contributed by atoms with E-state index in [0.29, 0.717) is 18.6 Å². The zero-order chi connectivity index (χ0) is 13.2. The Labute approximate surface area is 111 Å². The van der Waals surface area contributed by atoms with Gasteiger partial charge in [0.25, 0.3) is 0 Å². The molecular formula is C13H28N4O. The summed E-state index contributed by atoms with van der Waals surface area (Å²) in [4.78, 5) is 4.69. The summed E-state index contributed by atoms with van der Waals surface area (Å²) >= 11 is 0. The average molecular weight is 256 g/mol. The Balaban J connectivity index is 2.46. The van der Waals surface area contributed by atoms with Crippen molar-refractivity contribution in [2.24, 2.45) is 10.8 Å². The topological polar surface area (TPSA) is 71.7 Å². The van der Waals surface area contributed by atoms with Crippen LogP contribution in [-0.4, -0.2) is 31.8 Å². The Morgan fingerprint density at radius 3 is 2.44 bits per heavy atom. The number of ether oxygens (including phenoxy) is 1. The number of hydrazine groups is 1. The molecule has 0 saturated heterocycles. The lowest BCUT2D eigenvalue weighted by Gasteiger charge is -2.20. The lowest BCUT2D eigenvalue weighted by Crippen LogP contribution is -2.47. The van der Waals surface area contributed by atoms with E-state index < -0.39 is 0 Å². The molecule has 0 aliphatic heterocycles. The summed E-state index contributed by atoms with van der Waals surface area (Å²) < 4.78 is 5.09. The van der Waals surface area contributed by atoms with E-state index in [2.05, 4.69) is 17.7 Å². The van der Waals surface area contributed by atoms with Crippen molar-refractivity contribution in [2.45, 2.75) is 64.0 Å². The number of nitrogens with one attached hydrogen (secondary N) is 2. The molecule has 0 bridgehead atoms. The van der Waals surface area contributed by atoms with E-state index in [9.17, 15) is 0 Å². The fraction of sp³-hybridized carbons (Fsp3) is 0.923. The smallest absolute Gasteiger partial charge is 0.206 e. The molecule has 5 nitrogen and oxygen atoms in total. The molecule has 0 aromatic heterocycles. The molecule has 0 spiro atoms. The predicted octanol–water partition coefficient (Wildman–Crippen LogP) is 1.54. The first-order valence-electron chi connectivity index (χ1n) is 7.06. The van der Waals surface area contributed by atoms with Gasteiger partial charge in [0.15, 0.2) is 0 Å². The summed E-state index contributed by atoms with van der Waals surface area (Å²) in [6, 6.07) is 0.608. The van der Waals surface area contributed by atoms with E-state index in [1.165, 1.54) is 44.9 Å². The summed E-state index contributed by atoms with van der Waals surface area (Å²) in [5, 5.41) is 3.24. The quantitative estimate of drug-likeness (QED) is 0.309. The highest BCUT2D eigenvalue weighted by Crippen LogP contribution is 2.19. The molecule has 5 heteroatoms. The van der Waals surface area contributed by atoms with E-state index in [1.807, 2.05) is 0 Å². The van der Waals surface area contributed by atoms with Crippen LogP contribution in [0.2, 0.25) is 0 Å². The Kier molecular flexibility index (Phi) is 7.76. The summed E-state index contributed by atoms with van der Waals surface area (Å²) in [6.07, 6.45) is 8.95. The van der Waals surface area contributed by atoms with Crippen LogP contribution in [0.15, 0.2) is 4.99 Å². The number of hydrogen-bond acceptors (Lipinski definition) is 3. The third-order valence-corrected chi connectivity index (χ3v) is 3.32. The van der Waals surface area contributed by atoms with Crippen LogP contribution in [-0.2, 0) is 4.74 Å². The lowest BCUT2D eigenvalue weighted by atomic mass is 9.97. The molecule has 1 saturated carbocycles. The third-order valence-electron chi connectivity index (χ3n) is 3.32. The van der Waals surface area contributed by atoms with E-state index in [0.717, 1.165) is 0 Å². The average Bonchev–Trinajstić information content (AvgIpc) is 2.31. The maximum absolute atomic E-state index is 5.52. The highest BCUT2D eigenvalue weighted by atomic mass is 16.5. The zero-order valence-electron chi connectivity index (χ0n) is 11.7. The summed E-state index contributed by atoms with van der Waals surface area (Å²) in [5.74, 6) is 6.21. The van der Waals surface area contributed by atoms with Gasteiger partial charge < -0.3 is 10.1 Å². The highest BCUT2D eigenvalue weighted by Gasteiger charge is 2.12. The van der Waals surface area contributed by atoms with Gasteiger partial charge in [0.05, 0.1) is 12.6 Å². The molecule has 1 unspecified atom stereocenters. The molecule has 0 radical (unpaired) electrons.